The molecule has 0 amide bonds. The van der Waals surface area contributed by atoms with Gasteiger partial charge in [-0.05, 0) is 35.4 Å². The number of hydrogen-bond donors (Lipinski definition) is 0. The summed E-state index contributed by atoms with van der Waals surface area (Å²) in [4.78, 5) is 9.89. The molecule has 0 unspecified atom stereocenters. The monoisotopic (exact) mass is 467 g/mol. The minimum Gasteiger partial charge on any atom is -0.307 e. The third kappa shape index (κ3) is 2.35. The summed E-state index contributed by atoms with van der Waals surface area (Å²) in [6.07, 6.45) is 1.88. The molecule has 0 fully saturated rings. The number of fused-ring (bicyclic) bond motifs is 11. The Kier molecular flexibility index (Phi) is 3.63. The van der Waals surface area contributed by atoms with Crippen LogP contribution in [0.2, 0.25) is 0 Å². The van der Waals surface area contributed by atoms with Gasteiger partial charge in [-0.3, -0.25) is 9.38 Å². The van der Waals surface area contributed by atoms with E-state index in [1.807, 2.05) is 72.9 Å². The Morgan fingerprint density at radius 1 is 0.629 bits per heavy atom. The Labute approximate surface area is 200 Å². The summed E-state index contributed by atoms with van der Waals surface area (Å²) in [6.45, 7) is 0. The highest BCUT2D eigenvalue weighted by atomic mass is 31.2. The number of benzene rings is 4. The van der Waals surface area contributed by atoms with Crippen LogP contribution in [0, 0.1) is 0 Å². The first kappa shape index (κ1) is 19.1. The highest BCUT2D eigenvalue weighted by Crippen LogP contribution is 2.51. The van der Waals surface area contributed by atoms with Gasteiger partial charge in [0, 0.05) is 33.0 Å². The van der Waals surface area contributed by atoms with Crippen molar-refractivity contribution in [2.45, 2.75) is 0 Å². The summed E-state index contributed by atoms with van der Waals surface area (Å²) >= 11 is 0. The maximum atomic E-state index is 15.0. The van der Waals surface area contributed by atoms with Crippen LogP contribution in [-0.4, -0.2) is 14.4 Å². The van der Waals surface area contributed by atoms with Crippen LogP contribution in [0.3, 0.4) is 0 Å². The Balaban J connectivity index is 1.54. The number of aromatic nitrogens is 3. The van der Waals surface area contributed by atoms with E-state index in [1.165, 1.54) is 0 Å². The molecule has 4 aromatic carbocycles. The predicted molar refractivity (Wildman–Crippen MR) is 144 cm³/mol. The van der Waals surface area contributed by atoms with Crippen LogP contribution in [0.1, 0.15) is 0 Å². The second-order valence-electron chi connectivity index (χ2n) is 9.01. The Hall–Kier alpha value is -4.27. The van der Waals surface area contributed by atoms with Crippen molar-refractivity contribution >= 4 is 61.5 Å². The van der Waals surface area contributed by atoms with Crippen molar-refractivity contribution in [3.05, 3.63) is 109 Å². The van der Waals surface area contributed by atoms with Gasteiger partial charge in [-0.2, -0.15) is 0 Å². The van der Waals surface area contributed by atoms with Crippen molar-refractivity contribution in [1.29, 1.82) is 0 Å². The fourth-order valence-electron chi connectivity index (χ4n) is 5.69. The molecule has 0 atom stereocenters. The highest BCUT2D eigenvalue weighted by Gasteiger charge is 2.41. The Morgan fingerprint density at radius 2 is 1.26 bits per heavy atom. The highest BCUT2D eigenvalue weighted by molar-refractivity contribution is 7.86. The van der Waals surface area contributed by atoms with Crippen molar-refractivity contribution in [1.82, 2.24) is 14.4 Å². The fraction of sp³-hybridized carbons (Fsp3) is 0. The molecule has 5 heteroatoms. The van der Waals surface area contributed by atoms with Crippen LogP contribution in [0.4, 0.5) is 0 Å². The summed E-state index contributed by atoms with van der Waals surface area (Å²) in [5.41, 5.74) is 6.60. The lowest BCUT2D eigenvalue weighted by atomic mass is 10.1. The van der Waals surface area contributed by atoms with Gasteiger partial charge in [0.1, 0.15) is 11.1 Å². The average molecular weight is 467 g/mol. The zero-order valence-corrected chi connectivity index (χ0v) is 19.5. The standard InChI is InChI=1S/C30H18N3OP/c34-35(27-15-7-2-10-20(27)21-11-3-8-16-28(21)35)29-17-22-23(18-31-29)19-9-1-5-13-25(19)33-26-14-6-4-12-24(26)32-30(22)33/h1-18H. The molecule has 35 heavy (non-hydrogen) atoms. The molecule has 3 aromatic heterocycles. The molecule has 0 saturated heterocycles. The van der Waals surface area contributed by atoms with Crippen molar-refractivity contribution in [2.75, 3.05) is 0 Å². The van der Waals surface area contributed by atoms with E-state index >= 15 is 0 Å². The van der Waals surface area contributed by atoms with E-state index in [1.54, 1.807) is 0 Å². The molecule has 164 valence electrons. The van der Waals surface area contributed by atoms with Gasteiger partial charge in [0.15, 0.2) is 7.14 Å². The predicted octanol–water partition coefficient (Wildman–Crippen LogP) is 5.81. The van der Waals surface area contributed by atoms with Crippen molar-refractivity contribution < 1.29 is 4.57 Å². The third-order valence-corrected chi connectivity index (χ3v) is 10.3. The van der Waals surface area contributed by atoms with Gasteiger partial charge in [-0.15, -0.1) is 0 Å². The maximum Gasteiger partial charge on any atom is 0.189 e. The normalized spacial score (nSPS) is 14.1. The summed E-state index contributed by atoms with van der Waals surface area (Å²) in [5.74, 6) is 0. The number of nitrogens with zero attached hydrogens (tertiary/aromatic N) is 3. The van der Waals surface area contributed by atoms with Crippen LogP contribution in [0.25, 0.3) is 49.5 Å². The number of para-hydroxylation sites is 3. The van der Waals surface area contributed by atoms with Gasteiger partial charge in [0.2, 0.25) is 0 Å². The van der Waals surface area contributed by atoms with E-state index in [0.717, 1.165) is 60.1 Å². The van der Waals surface area contributed by atoms with Gasteiger partial charge >= 0.3 is 0 Å². The Morgan fingerprint density at radius 3 is 2.03 bits per heavy atom. The van der Waals surface area contributed by atoms with Crippen LogP contribution in [0.5, 0.6) is 0 Å². The quantitative estimate of drug-likeness (QED) is 0.226. The lowest BCUT2D eigenvalue weighted by Gasteiger charge is -2.16. The van der Waals surface area contributed by atoms with E-state index in [0.29, 0.717) is 5.44 Å². The largest absolute Gasteiger partial charge is 0.307 e. The Bertz CT molecular complexity index is 2010. The molecule has 0 radical (unpaired) electrons. The van der Waals surface area contributed by atoms with Crippen LogP contribution in [0.15, 0.2) is 109 Å². The minimum atomic E-state index is -3.13. The molecule has 0 N–H and O–H groups in total. The summed E-state index contributed by atoms with van der Waals surface area (Å²) in [6, 6.07) is 34.6. The van der Waals surface area contributed by atoms with Crippen LogP contribution < -0.4 is 16.0 Å². The third-order valence-electron chi connectivity index (χ3n) is 7.23. The van der Waals surface area contributed by atoms with Gasteiger partial charge in [-0.1, -0.05) is 78.9 Å². The van der Waals surface area contributed by atoms with E-state index in [-0.39, 0.29) is 0 Å². The van der Waals surface area contributed by atoms with E-state index in [9.17, 15) is 4.57 Å². The lowest BCUT2D eigenvalue weighted by molar-refractivity contribution is 0.592. The molecule has 0 aliphatic carbocycles. The smallest absolute Gasteiger partial charge is 0.189 e. The van der Waals surface area contributed by atoms with Crippen LogP contribution >= 0.6 is 7.14 Å². The van der Waals surface area contributed by atoms with Gasteiger partial charge in [0.25, 0.3) is 0 Å². The van der Waals surface area contributed by atoms with Crippen molar-refractivity contribution in [2.24, 2.45) is 0 Å². The summed E-state index contributed by atoms with van der Waals surface area (Å²) in [7, 11) is -3.13. The zero-order chi connectivity index (χ0) is 23.1. The first-order chi connectivity index (χ1) is 17.2. The number of hydrogen-bond acceptors (Lipinski definition) is 3. The lowest BCUT2D eigenvalue weighted by Crippen LogP contribution is -2.23. The van der Waals surface area contributed by atoms with E-state index < -0.39 is 7.14 Å². The molecule has 4 heterocycles. The van der Waals surface area contributed by atoms with Gasteiger partial charge < -0.3 is 4.57 Å². The molecular weight excluding hydrogens is 449 g/mol. The molecule has 1 aliphatic rings. The van der Waals surface area contributed by atoms with Gasteiger partial charge in [-0.25, -0.2) is 4.98 Å². The van der Waals surface area contributed by atoms with Crippen LogP contribution in [-0.2, 0) is 4.57 Å². The topological polar surface area (TPSA) is 47.3 Å². The van der Waals surface area contributed by atoms with Crippen molar-refractivity contribution in [3.8, 4) is 11.1 Å². The second-order valence-corrected chi connectivity index (χ2v) is 11.6. The van der Waals surface area contributed by atoms with Crippen molar-refractivity contribution in [3.63, 3.8) is 0 Å². The number of rotatable bonds is 1. The fourth-order valence-corrected chi connectivity index (χ4v) is 8.64. The van der Waals surface area contributed by atoms with E-state index in [4.69, 9.17) is 9.97 Å². The van der Waals surface area contributed by atoms with Gasteiger partial charge in [0.05, 0.1) is 16.6 Å². The average Bonchev–Trinajstić information content (AvgIpc) is 3.44. The molecular formula is C30H18N3OP. The second kappa shape index (κ2) is 6.65. The molecule has 8 rings (SSSR count). The van der Waals surface area contributed by atoms with E-state index in [2.05, 4.69) is 40.8 Å². The maximum absolute atomic E-state index is 15.0. The molecule has 0 bridgehead atoms. The zero-order valence-electron chi connectivity index (χ0n) is 18.6. The molecule has 0 saturated carbocycles. The first-order valence-electron chi connectivity index (χ1n) is 11.6. The minimum absolute atomic E-state index is 0.603. The SMILES string of the molecule is O=P1(c2cc3c(cn2)c2ccccc2n2c4ccccc4nc32)c2ccccc2-c2ccccc21. The first-order valence-corrected chi connectivity index (χ1v) is 13.3. The number of imidazole rings is 1. The summed E-state index contributed by atoms with van der Waals surface area (Å²) in [5, 5.41) is 4.79. The molecule has 0 spiro atoms. The molecule has 4 nitrogen and oxygen atoms in total. The summed E-state index contributed by atoms with van der Waals surface area (Å²) < 4.78 is 17.2. The molecule has 7 aromatic rings. The molecule has 1 aliphatic heterocycles. The number of pyridine rings is 2.